The molecule has 0 spiro atoms. The number of carbonyl (C=O) groups excluding carboxylic acids is 2. The maximum absolute atomic E-state index is 13.2. The molecule has 0 radical (unpaired) electrons. The zero-order chi connectivity index (χ0) is 20.8. The van der Waals surface area contributed by atoms with Crippen molar-refractivity contribution in [1.82, 2.24) is 10.2 Å². The van der Waals surface area contributed by atoms with Crippen molar-refractivity contribution >= 4 is 11.9 Å². The fraction of sp³-hybridized carbons (Fsp3) is 0.391. The monoisotopic (exact) mass is 398 g/mol. The van der Waals surface area contributed by atoms with Crippen LogP contribution in [-0.2, 0) is 16.1 Å². The molecule has 2 atom stereocenters. The Morgan fingerprint density at radius 1 is 1.14 bits per heavy atom. The summed E-state index contributed by atoms with van der Waals surface area (Å²) in [6.07, 6.45) is 2.87. The smallest absolute Gasteiger partial charge is 0.337 e. The van der Waals surface area contributed by atoms with Crippen molar-refractivity contribution in [1.29, 1.82) is 0 Å². The molecule has 1 N–H and O–H groups in total. The van der Waals surface area contributed by atoms with Crippen molar-refractivity contribution in [3.63, 3.8) is 0 Å². The van der Waals surface area contributed by atoms with Gasteiger partial charge in [-0.3, -0.25) is 9.69 Å². The van der Waals surface area contributed by atoms with Crippen LogP contribution in [0.15, 0.2) is 48.5 Å². The minimum Gasteiger partial charge on any atom is -0.465 e. The van der Waals surface area contributed by atoms with Crippen LogP contribution in [0.4, 0.5) is 4.39 Å². The number of benzene rings is 2. The predicted molar refractivity (Wildman–Crippen MR) is 109 cm³/mol. The Kier molecular flexibility index (Phi) is 6.99. The van der Waals surface area contributed by atoms with E-state index in [9.17, 15) is 14.0 Å². The fourth-order valence-electron chi connectivity index (χ4n) is 3.72. The van der Waals surface area contributed by atoms with Crippen LogP contribution in [0.1, 0.15) is 53.7 Å². The van der Waals surface area contributed by atoms with E-state index < -0.39 is 0 Å². The van der Waals surface area contributed by atoms with Gasteiger partial charge >= 0.3 is 5.97 Å². The van der Waals surface area contributed by atoms with Gasteiger partial charge in [0.25, 0.3) is 0 Å². The SMILES string of the molecule is COC(=O)c1ccc(C(C)NC(=O)C2CCCCN2Cc2ccc(F)cc2)cc1. The molecule has 1 saturated heterocycles. The highest BCUT2D eigenvalue weighted by molar-refractivity contribution is 5.89. The topological polar surface area (TPSA) is 58.6 Å². The van der Waals surface area contributed by atoms with Gasteiger partial charge in [0.1, 0.15) is 5.82 Å². The van der Waals surface area contributed by atoms with E-state index in [0.717, 1.165) is 36.9 Å². The van der Waals surface area contributed by atoms with E-state index in [2.05, 4.69) is 10.2 Å². The number of nitrogens with zero attached hydrogens (tertiary/aromatic N) is 1. The second kappa shape index (κ2) is 9.65. The standard InChI is InChI=1S/C23H27FN2O3/c1-16(18-8-10-19(11-9-18)23(28)29-2)25-22(27)21-5-3-4-14-26(21)15-17-6-12-20(24)13-7-17/h6-13,16,21H,3-5,14-15H2,1-2H3,(H,25,27). The number of piperidine rings is 1. The van der Waals surface area contributed by atoms with Gasteiger partial charge in [-0.25, -0.2) is 9.18 Å². The molecule has 1 heterocycles. The Balaban J connectivity index is 1.64. The molecule has 154 valence electrons. The van der Waals surface area contributed by atoms with Crippen LogP contribution in [0.25, 0.3) is 0 Å². The second-order valence-corrected chi connectivity index (χ2v) is 7.45. The Labute approximate surface area is 170 Å². The summed E-state index contributed by atoms with van der Waals surface area (Å²) in [7, 11) is 1.35. The first kappa shape index (κ1) is 21.0. The molecule has 1 aliphatic heterocycles. The van der Waals surface area contributed by atoms with Gasteiger partial charge in [0.15, 0.2) is 0 Å². The quantitative estimate of drug-likeness (QED) is 0.751. The van der Waals surface area contributed by atoms with Crippen molar-refractivity contribution in [2.75, 3.05) is 13.7 Å². The summed E-state index contributed by atoms with van der Waals surface area (Å²) in [6, 6.07) is 13.1. The molecule has 2 aromatic rings. The van der Waals surface area contributed by atoms with Crippen LogP contribution in [0.2, 0.25) is 0 Å². The highest BCUT2D eigenvalue weighted by Crippen LogP contribution is 2.22. The van der Waals surface area contributed by atoms with E-state index >= 15 is 0 Å². The third-order valence-electron chi connectivity index (χ3n) is 5.41. The predicted octanol–water partition coefficient (Wildman–Crippen LogP) is 3.84. The molecule has 0 aliphatic carbocycles. The molecule has 29 heavy (non-hydrogen) atoms. The Morgan fingerprint density at radius 2 is 1.83 bits per heavy atom. The van der Waals surface area contributed by atoms with Crippen LogP contribution < -0.4 is 5.32 Å². The summed E-state index contributed by atoms with van der Waals surface area (Å²) < 4.78 is 17.9. The number of halogens is 1. The van der Waals surface area contributed by atoms with Gasteiger partial charge in [-0.05, 0) is 61.7 Å². The summed E-state index contributed by atoms with van der Waals surface area (Å²) in [5.41, 5.74) is 2.40. The largest absolute Gasteiger partial charge is 0.465 e. The molecule has 0 aromatic heterocycles. The van der Waals surface area contributed by atoms with Crippen molar-refractivity contribution in [2.24, 2.45) is 0 Å². The molecular formula is C23H27FN2O3. The van der Waals surface area contributed by atoms with Gasteiger partial charge in [0.2, 0.25) is 5.91 Å². The maximum Gasteiger partial charge on any atom is 0.337 e. The molecule has 5 nitrogen and oxygen atoms in total. The van der Waals surface area contributed by atoms with Gasteiger partial charge in [0.05, 0.1) is 24.8 Å². The highest BCUT2D eigenvalue weighted by Gasteiger charge is 2.29. The van der Waals surface area contributed by atoms with Gasteiger partial charge in [-0.15, -0.1) is 0 Å². The average molecular weight is 398 g/mol. The average Bonchev–Trinajstić information content (AvgIpc) is 2.75. The summed E-state index contributed by atoms with van der Waals surface area (Å²) in [5.74, 6) is -0.642. The molecule has 1 aliphatic rings. The maximum atomic E-state index is 13.2. The Bertz CT molecular complexity index is 836. The summed E-state index contributed by atoms with van der Waals surface area (Å²) in [4.78, 5) is 26.7. The van der Waals surface area contributed by atoms with Crippen molar-refractivity contribution in [3.05, 3.63) is 71.0 Å². The van der Waals surface area contributed by atoms with Crippen LogP contribution in [0.5, 0.6) is 0 Å². The number of methoxy groups -OCH3 is 1. The molecule has 3 rings (SSSR count). The third-order valence-corrected chi connectivity index (χ3v) is 5.41. The zero-order valence-corrected chi connectivity index (χ0v) is 16.9. The molecule has 6 heteroatoms. The van der Waals surface area contributed by atoms with Crippen LogP contribution in [0, 0.1) is 5.82 Å². The Hall–Kier alpha value is -2.73. The van der Waals surface area contributed by atoms with E-state index in [4.69, 9.17) is 4.74 Å². The number of likely N-dealkylation sites (tertiary alicyclic amines) is 1. The minimum absolute atomic E-state index is 0.00337. The normalized spacial score (nSPS) is 18.1. The van der Waals surface area contributed by atoms with Crippen LogP contribution >= 0.6 is 0 Å². The highest BCUT2D eigenvalue weighted by atomic mass is 19.1. The number of nitrogens with one attached hydrogen (secondary N) is 1. The van der Waals surface area contributed by atoms with Crippen molar-refractivity contribution in [2.45, 2.75) is 44.8 Å². The second-order valence-electron chi connectivity index (χ2n) is 7.45. The van der Waals surface area contributed by atoms with Crippen molar-refractivity contribution in [3.8, 4) is 0 Å². The van der Waals surface area contributed by atoms with E-state index in [0.29, 0.717) is 12.1 Å². The van der Waals surface area contributed by atoms with E-state index in [1.165, 1.54) is 19.2 Å². The number of hydrogen-bond donors (Lipinski definition) is 1. The first-order chi connectivity index (χ1) is 14.0. The van der Waals surface area contributed by atoms with Gasteiger partial charge in [-0.1, -0.05) is 30.7 Å². The minimum atomic E-state index is -0.383. The number of ether oxygens (including phenoxy) is 1. The van der Waals surface area contributed by atoms with Gasteiger partial charge in [0, 0.05) is 6.54 Å². The lowest BCUT2D eigenvalue weighted by Gasteiger charge is -2.35. The molecule has 0 bridgehead atoms. The van der Waals surface area contributed by atoms with E-state index in [1.807, 2.05) is 19.1 Å². The van der Waals surface area contributed by atoms with Gasteiger partial charge in [-0.2, -0.15) is 0 Å². The number of carbonyl (C=O) groups is 2. The summed E-state index contributed by atoms with van der Waals surface area (Å²) >= 11 is 0. The van der Waals surface area contributed by atoms with Crippen LogP contribution in [-0.4, -0.2) is 36.5 Å². The van der Waals surface area contributed by atoms with E-state index in [1.54, 1.807) is 24.3 Å². The summed E-state index contributed by atoms with van der Waals surface area (Å²) in [5, 5.41) is 3.10. The summed E-state index contributed by atoms with van der Waals surface area (Å²) in [6.45, 7) is 3.40. The lowest BCUT2D eigenvalue weighted by molar-refractivity contribution is -0.128. The lowest BCUT2D eigenvalue weighted by Crippen LogP contribution is -2.49. The fourth-order valence-corrected chi connectivity index (χ4v) is 3.72. The molecule has 0 saturated carbocycles. The molecule has 2 unspecified atom stereocenters. The first-order valence-electron chi connectivity index (χ1n) is 9.95. The van der Waals surface area contributed by atoms with Crippen LogP contribution in [0.3, 0.4) is 0 Å². The number of hydrogen-bond acceptors (Lipinski definition) is 4. The number of rotatable bonds is 6. The molecular weight excluding hydrogens is 371 g/mol. The number of esters is 1. The van der Waals surface area contributed by atoms with Gasteiger partial charge < -0.3 is 10.1 Å². The lowest BCUT2D eigenvalue weighted by atomic mass is 9.99. The Morgan fingerprint density at radius 3 is 2.48 bits per heavy atom. The van der Waals surface area contributed by atoms with E-state index in [-0.39, 0.29) is 29.8 Å². The van der Waals surface area contributed by atoms with Crippen molar-refractivity contribution < 1.29 is 18.7 Å². The third kappa shape index (κ3) is 5.41. The molecule has 1 amide bonds. The number of amides is 1. The molecule has 2 aromatic carbocycles. The molecule has 1 fully saturated rings. The first-order valence-corrected chi connectivity index (χ1v) is 9.95. The zero-order valence-electron chi connectivity index (χ0n) is 16.9.